The van der Waals surface area contributed by atoms with Gasteiger partial charge in [0.25, 0.3) is 0 Å². The standard InChI is InChI=1S/C9H16N2.C3H7NO/c1-2-5-9-10-6-4-8-11(9)7-3-1;1-4(2)3-5/h1-8H2;3H,1-2H3. The fraction of sp³-hybridized carbons (Fsp3) is 0.833. The quantitative estimate of drug-likeness (QED) is 0.632. The van der Waals surface area contributed by atoms with E-state index in [2.05, 4.69) is 9.89 Å². The molecule has 0 bridgehead atoms. The average Bonchev–Trinajstić information content (AvgIpc) is 2.54. The number of rotatable bonds is 1. The monoisotopic (exact) mass is 225 g/mol. The molecule has 1 saturated heterocycles. The van der Waals surface area contributed by atoms with Crippen LogP contribution in [0.5, 0.6) is 0 Å². The highest BCUT2D eigenvalue weighted by molar-refractivity contribution is 5.83. The van der Waals surface area contributed by atoms with Gasteiger partial charge in [0.15, 0.2) is 0 Å². The predicted octanol–water partition coefficient (Wildman–Crippen LogP) is 1.37. The molecule has 0 aliphatic carbocycles. The lowest BCUT2D eigenvalue weighted by Crippen LogP contribution is -2.34. The van der Waals surface area contributed by atoms with E-state index >= 15 is 0 Å². The third kappa shape index (κ3) is 4.64. The summed E-state index contributed by atoms with van der Waals surface area (Å²) in [5, 5.41) is 0. The van der Waals surface area contributed by atoms with Crippen molar-refractivity contribution in [2.24, 2.45) is 4.99 Å². The summed E-state index contributed by atoms with van der Waals surface area (Å²) in [6.07, 6.45) is 7.38. The molecule has 0 spiro atoms. The third-order valence-electron chi connectivity index (χ3n) is 2.78. The molecule has 0 aromatic carbocycles. The van der Waals surface area contributed by atoms with Crippen LogP contribution < -0.4 is 0 Å². The Morgan fingerprint density at radius 3 is 2.56 bits per heavy atom. The average molecular weight is 225 g/mol. The molecular formula is C12H23N3O. The number of aliphatic imine (C=N–C) groups is 1. The van der Waals surface area contributed by atoms with Crippen molar-refractivity contribution in [1.29, 1.82) is 0 Å². The summed E-state index contributed by atoms with van der Waals surface area (Å²) in [5.41, 5.74) is 0. The van der Waals surface area contributed by atoms with Gasteiger partial charge in [0.05, 0.1) is 5.84 Å². The van der Waals surface area contributed by atoms with Gasteiger partial charge in [-0.05, 0) is 19.3 Å². The molecule has 0 radical (unpaired) electrons. The van der Waals surface area contributed by atoms with Gasteiger partial charge < -0.3 is 9.80 Å². The summed E-state index contributed by atoms with van der Waals surface area (Å²) >= 11 is 0. The first-order valence-electron chi connectivity index (χ1n) is 6.14. The lowest BCUT2D eigenvalue weighted by atomic mass is 10.2. The number of nitrogens with zero attached hydrogens (tertiary/aromatic N) is 3. The highest BCUT2D eigenvalue weighted by atomic mass is 16.1. The number of carbonyl (C=O) groups excluding carboxylic acids is 1. The molecule has 92 valence electrons. The molecule has 1 fully saturated rings. The zero-order valence-corrected chi connectivity index (χ0v) is 10.5. The molecule has 4 nitrogen and oxygen atoms in total. The van der Waals surface area contributed by atoms with E-state index in [1.165, 1.54) is 55.9 Å². The van der Waals surface area contributed by atoms with Crippen LogP contribution in [0.1, 0.15) is 32.1 Å². The van der Waals surface area contributed by atoms with Crippen molar-refractivity contribution in [2.75, 3.05) is 33.7 Å². The van der Waals surface area contributed by atoms with Gasteiger partial charge in [0.1, 0.15) is 0 Å². The summed E-state index contributed by atoms with van der Waals surface area (Å²) in [4.78, 5) is 17.9. The van der Waals surface area contributed by atoms with Gasteiger partial charge in [0.2, 0.25) is 6.41 Å². The Morgan fingerprint density at radius 2 is 1.88 bits per heavy atom. The Balaban J connectivity index is 0.000000221. The van der Waals surface area contributed by atoms with Crippen molar-refractivity contribution >= 4 is 12.2 Å². The van der Waals surface area contributed by atoms with Crippen molar-refractivity contribution in [3.8, 4) is 0 Å². The van der Waals surface area contributed by atoms with Gasteiger partial charge in [-0.25, -0.2) is 0 Å². The maximum Gasteiger partial charge on any atom is 0.209 e. The van der Waals surface area contributed by atoms with Crippen LogP contribution in [-0.4, -0.2) is 55.8 Å². The second-order valence-corrected chi connectivity index (χ2v) is 4.52. The van der Waals surface area contributed by atoms with E-state index in [9.17, 15) is 4.79 Å². The van der Waals surface area contributed by atoms with E-state index < -0.39 is 0 Å². The number of carbonyl (C=O) groups is 1. The second-order valence-electron chi connectivity index (χ2n) is 4.52. The Bertz CT molecular complexity index is 238. The fourth-order valence-electron chi connectivity index (χ4n) is 1.94. The first-order chi connectivity index (χ1) is 7.74. The number of amides is 1. The van der Waals surface area contributed by atoms with E-state index in [1.54, 1.807) is 14.1 Å². The van der Waals surface area contributed by atoms with Crippen LogP contribution >= 0.6 is 0 Å². The van der Waals surface area contributed by atoms with Crippen LogP contribution in [-0.2, 0) is 4.79 Å². The maximum atomic E-state index is 9.43. The number of fused-ring (bicyclic) bond motifs is 1. The summed E-state index contributed by atoms with van der Waals surface area (Å²) in [5.74, 6) is 1.40. The van der Waals surface area contributed by atoms with Crippen LogP contribution in [0.15, 0.2) is 4.99 Å². The van der Waals surface area contributed by atoms with Crippen molar-refractivity contribution in [2.45, 2.75) is 32.1 Å². The van der Waals surface area contributed by atoms with Gasteiger partial charge in [-0.1, -0.05) is 6.42 Å². The second kappa shape index (κ2) is 7.25. The van der Waals surface area contributed by atoms with Gasteiger partial charge >= 0.3 is 0 Å². The summed E-state index contributed by atoms with van der Waals surface area (Å²) in [7, 11) is 3.38. The van der Waals surface area contributed by atoms with E-state index in [1.807, 2.05) is 0 Å². The molecule has 0 unspecified atom stereocenters. The fourth-order valence-corrected chi connectivity index (χ4v) is 1.94. The zero-order chi connectivity index (χ0) is 11.8. The smallest absolute Gasteiger partial charge is 0.209 e. The SMILES string of the molecule is C1CCC2=NCCCN2CC1.CN(C)C=O. The minimum atomic E-state index is 0.750. The van der Waals surface area contributed by atoms with Crippen molar-refractivity contribution in [3.05, 3.63) is 0 Å². The minimum absolute atomic E-state index is 0.750. The highest BCUT2D eigenvalue weighted by Gasteiger charge is 2.16. The Kier molecular flexibility index (Phi) is 5.90. The lowest BCUT2D eigenvalue weighted by molar-refractivity contribution is -0.115. The lowest BCUT2D eigenvalue weighted by Gasteiger charge is -2.27. The van der Waals surface area contributed by atoms with E-state index in [0.717, 1.165) is 13.0 Å². The van der Waals surface area contributed by atoms with Crippen LogP contribution in [0.3, 0.4) is 0 Å². The molecule has 4 heteroatoms. The van der Waals surface area contributed by atoms with E-state index in [-0.39, 0.29) is 0 Å². The van der Waals surface area contributed by atoms with Gasteiger partial charge in [-0.2, -0.15) is 0 Å². The Hall–Kier alpha value is -1.06. The molecule has 1 amide bonds. The van der Waals surface area contributed by atoms with Gasteiger partial charge in [-0.15, -0.1) is 0 Å². The van der Waals surface area contributed by atoms with Crippen LogP contribution in [0, 0.1) is 0 Å². The molecule has 2 aliphatic rings. The molecule has 0 atom stereocenters. The van der Waals surface area contributed by atoms with Crippen molar-refractivity contribution in [1.82, 2.24) is 9.80 Å². The Labute approximate surface area is 98.3 Å². The van der Waals surface area contributed by atoms with Crippen molar-refractivity contribution in [3.63, 3.8) is 0 Å². The molecule has 16 heavy (non-hydrogen) atoms. The van der Waals surface area contributed by atoms with Gasteiger partial charge in [-0.3, -0.25) is 9.79 Å². The number of hydrogen-bond donors (Lipinski definition) is 0. The molecule has 0 aromatic rings. The summed E-state index contributed by atoms with van der Waals surface area (Å²) < 4.78 is 0. The molecular weight excluding hydrogens is 202 g/mol. The van der Waals surface area contributed by atoms with Crippen LogP contribution in [0.4, 0.5) is 0 Å². The maximum absolute atomic E-state index is 9.43. The highest BCUT2D eigenvalue weighted by Crippen LogP contribution is 2.15. The summed E-state index contributed by atoms with van der Waals surface area (Å²) in [6, 6.07) is 0. The van der Waals surface area contributed by atoms with E-state index in [4.69, 9.17) is 0 Å². The van der Waals surface area contributed by atoms with Crippen LogP contribution in [0.2, 0.25) is 0 Å². The largest absolute Gasteiger partial charge is 0.360 e. The molecule has 0 N–H and O–H groups in total. The Morgan fingerprint density at radius 1 is 1.19 bits per heavy atom. The molecule has 2 aliphatic heterocycles. The number of hydrogen-bond acceptors (Lipinski definition) is 3. The minimum Gasteiger partial charge on any atom is -0.360 e. The predicted molar refractivity (Wildman–Crippen MR) is 66.7 cm³/mol. The number of amidine groups is 1. The summed E-state index contributed by atoms with van der Waals surface area (Å²) in [6.45, 7) is 3.60. The molecule has 0 aromatic heterocycles. The third-order valence-corrected chi connectivity index (χ3v) is 2.78. The van der Waals surface area contributed by atoms with Crippen LogP contribution in [0.25, 0.3) is 0 Å². The first-order valence-corrected chi connectivity index (χ1v) is 6.14. The normalized spacial score (nSPS) is 19.6. The molecule has 2 rings (SSSR count). The van der Waals surface area contributed by atoms with Crippen molar-refractivity contribution < 1.29 is 4.79 Å². The van der Waals surface area contributed by atoms with Gasteiger partial charge in [0, 0.05) is 40.2 Å². The zero-order valence-electron chi connectivity index (χ0n) is 10.5. The topological polar surface area (TPSA) is 35.9 Å². The first kappa shape index (κ1) is 13.0. The molecule has 2 heterocycles. The van der Waals surface area contributed by atoms with E-state index in [0.29, 0.717) is 0 Å². The molecule has 0 saturated carbocycles.